The lowest BCUT2D eigenvalue weighted by molar-refractivity contribution is 0.570. The van der Waals surface area contributed by atoms with Crippen LogP contribution in [0.2, 0.25) is 0 Å². The molecule has 0 aliphatic carbocycles. The standard InChI is InChI=1S/C10H13N3O2S2/c1-6(2)13-17(14,15)7-3-4-8-9(5-7)16-10(11)12-8/h3-6,13H,1-2H3,(H2,11,12). The SMILES string of the molecule is CC(C)NS(=O)(=O)c1ccc2nc(N)sc2c1. The summed E-state index contributed by atoms with van der Waals surface area (Å²) in [6.07, 6.45) is 0. The zero-order valence-corrected chi connectivity index (χ0v) is 11.1. The number of nitrogens with two attached hydrogens (primary N) is 1. The Balaban J connectivity index is 2.49. The Morgan fingerprint density at radius 2 is 2.12 bits per heavy atom. The average molecular weight is 271 g/mol. The number of hydrogen-bond donors (Lipinski definition) is 2. The minimum absolute atomic E-state index is 0.137. The van der Waals surface area contributed by atoms with Gasteiger partial charge in [-0.15, -0.1) is 0 Å². The van der Waals surface area contributed by atoms with Crippen LogP contribution >= 0.6 is 11.3 Å². The number of fused-ring (bicyclic) bond motifs is 1. The van der Waals surface area contributed by atoms with Crippen molar-refractivity contribution in [2.24, 2.45) is 0 Å². The van der Waals surface area contributed by atoms with Crippen molar-refractivity contribution < 1.29 is 8.42 Å². The van der Waals surface area contributed by atoms with E-state index in [9.17, 15) is 8.42 Å². The van der Waals surface area contributed by atoms with Gasteiger partial charge in [-0.1, -0.05) is 11.3 Å². The van der Waals surface area contributed by atoms with Crippen molar-refractivity contribution in [1.29, 1.82) is 0 Å². The van der Waals surface area contributed by atoms with Gasteiger partial charge in [0.1, 0.15) is 0 Å². The number of thiazole rings is 1. The van der Waals surface area contributed by atoms with Gasteiger partial charge in [-0.2, -0.15) is 0 Å². The van der Waals surface area contributed by atoms with Gasteiger partial charge in [0.2, 0.25) is 10.0 Å². The second kappa shape index (κ2) is 4.25. The van der Waals surface area contributed by atoms with E-state index < -0.39 is 10.0 Å². The molecule has 17 heavy (non-hydrogen) atoms. The molecule has 0 radical (unpaired) electrons. The molecule has 0 spiro atoms. The summed E-state index contributed by atoms with van der Waals surface area (Å²) in [7, 11) is -3.45. The summed E-state index contributed by atoms with van der Waals surface area (Å²) in [6, 6.07) is 4.65. The minimum atomic E-state index is -3.45. The van der Waals surface area contributed by atoms with Crippen molar-refractivity contribution in [3.63, 3.8) is 0 Å². The highest BCUT2D eigenvalue weighted by atomic mass is 32.2. The van der Waals surface area contributed by atoms with Gasteiger partial charge in [0.25, 0.3) is 0 Å². The van der Waals surface area contributed by atoms with Crippen LogP contribution in [0.25, 0.3) is 10.2 Å². The first-order valence-electron chi connectivity index (χ1n) is 5.07. The van der Waals surface area contributed by atoms with Crippen LogP contribution in [0.4, 0.5) is 5.13 Å². The van der Waals surface area contributed by atoms with Crippen LogP contribution in [0.5, 0.6) is 0 Å². The van der Waals surface area contributed by atoms with Crippen LogP contribution in [-0.2, 0) is 10.0 Å². The number of sulfonamides is 1. The number of nitrogens with zero attached hydrogens (tertiary/aromatic N) is 1. The van der Waals surface area contributed by atoms with Crippen molar-refractivity contribution in [3.05, 3.63) is 18.2 Å². The maximum absolute atomic E-state index is 11.9. The van der Waals surface area contributed by atoms with Crippen LogP contribution in [0.1, 0.15) is 13.8 Å². The molecule has 2 aromatic rings. The third-order valence-electron chi connectivity index (χ3n) is 2.08. The van der Waals surface area contributed by atoms with Crippen molar-refractivity contribution in [2.75, 3.05) is 5.73 Å². The number of rotatable bonds is 3. The molecule has 5 nitrogen and oxygen atoms in total. The summed E-state index contributed by atoms with van der Waals surface area (Å²) in [4.78, 5) is 4.32. The Kier molecular flexibility index (Phi) is 3.07. The second-order valence-electron chi connectivity index (χ2n) is 3.96. The fraction of sp³-hybridized carbons (Fsp3) is 0.300. The van der Waals surface area contributed by atoms with E-state index in [1.807, 2.05) is 0 Å². The Labute approximate surface area is 104 Å². The van der Waals surface area contributed by atoms with Crippen molar-refractivity contribution in [2.45, 2.75) is 24.8 Å². The highest BCUT2D eigenvalue weighted by molar-refractivity contribution is 7.89. The monoisotopic (exact) mass is 271 g/mol. The molecule has 0 unspecified atom stereocenters. The van der Waals surface area contributed by atoms with Gasteiger partial charge in [0.05, 0.1) is 15.1 Å². The van der Waals surface area contributed by atoms with Gasteiger partial charge in [0, 0.05) is 6.04 Å². The third-order valence-corrected chi connectivity index (χ3v) is 4.58. The Morgan fingerprint density at radius 1 is 1.41 bits per heavy atom. The lowest BCUT2D eigenvalue weighted by Gasteiger charge is -2.09. The molecule has 2 rings (SSSR count). The molecule has 0 atom stereocenters. The molecule has 0 aliphatic heterocycles. The second-order valence-corrected chi connectivity index (χ2v) is 6.73. The largest absolute Gasteiger partial charge is 0.375 e. The smallest absolute Gasteiger partial charge is 0.240 e. The summed E-state index contributed by atoms with van der Waals surface area (Å²) in [5.41, 5.74) is 6.29. The van der Waals surface area contributed by atoms with E-state index in [4.69, 9.17) is 5.73 Å². The predicted octanol–water partition coefficient (Wildman–Crippen LogP) is 1.57. The maximum atomic E-state index is 11.9. The molecule has 0 bridgehead atoms. The van der Waals surface area contributed by atoms with E-state index in [-0.39, 0.29) is 10.9 Å². The number of nitrogens with one attached hydrogen (secondary N) is 1. The molecule has 0 saturated carbocycles. The van der Waals surface area contributed by atoms with Crippen LogP contribution < -0.4 is 10.5 Å². The van der Waals surface area contributed by atoms with Gasteiger partial charge >= 0.3 is 0 Å². The van der Waals surface area contributed by atoms with Crippen LogP contribution in [0.3, 0.4) is 0 Å². The van der Waals surface area contributed by atoms with E-state index >= 15 is 0 Å². The summed E-state index contributed by atoms with van der Waals surface area (Å²) in [5, 5.41) is 0.436. The Morgan fingerprint density at radius 3 is 2.76 bits per heavy atom. The molecule has 92 valence electrons. The Hall–Kier alpha value is -1.18. The molecule has 1 aromatic carbocycles. The average Bonchev–Trinajstić information content (AvgIpc) is 2.54. The molecule has 0 fully saturated rings. The number of benzene rings is 1. The molecule has 1 heterocycles. The Bertz CT molecular complexity index is 647. The minimum Gasteiger partial charge on any atom is -0.375 e. The van der Waals surface area contributed by atoms with Gasteiger partial charge in [0.15, 0.2) is 5.13 Å². The molecule has 3 N–H and O–H groups in total. The fourth-order valence-electron chi connectivity index (χ4n) is 1.47. The lowest BCUT2D eigenvalue weighted by atomic mass is 10.3. The molecule has 0 aliphatic rings. The van der Waals surface area contributed by atoms with Crippen molar-refractivity contribution in [3.8, 4) is 0 Å². The fourth-order valence-corrected chi connectivity index (χ4v) is 3.59. The highest BCUT2D eigenvalue weighted by Crippen LogP contribution is 2.26. The quantitative estimate of drug-likeness (QED) is 0.887. The summed E-state index contributed by atoms with van der Waals surface area (Å²) in [6.45, 7) is 3.56. The van der Waals surface area contributed by atoms with Gasteiger partial charge < -0.3 is 5.73 Å². The molecule has 7 heteroatoms. The maximum Gasteiger partial charge on any atom is 0.240 e. The first kappa shape index (κ1) is 12.3. The number of nitrogen functional groups attached to an aromatic ring is 1. The molecule has 0 saturated heterocycles. The van der Waals surface area contributed by atoms with Gasteiger partial charge in [-0.3, -0.25) is 0 Å². The first-order valence-corrected chi connectivity index (χ1v) is 7.37. The van der Waals surface area contributed by atoms with Crippen molar-refractivity contribution >= 4 is 36.7 Å². The van der Waals surface area contributed by atoms with E-state index in [1.54, 1.807) is 26.0 Å². The van der Waals surface area contributed by atoms with Crippen LogP contribution in [-0.4, -0.2) is 19.4 Å². The van der Waals surface area contributed by atoms with Crippen LogP contribution in [0.15, 0.2) is 23.1 Å². The number of aromatic nitrogens is 1. The van der Waals surface area contributed by atoms with E-state index in [0.717, 1.165) is 10.2 Å². The third kappa shape index (κ3) is 2.56. The van der Waals surface area contributed by atoms with E-state index in [1.165, 1.54) is 17.4 Å². The predicted molar refractivity (Wildman–Crippen MR) is 69.5 cm³/mol. The molecule has 0 amide bonds. The van der Waals surface area contributed by atoms with Crippen LogP contribution in [0, 0.1) is 0 Å². The number of hydrogen-bond acceptors (Lipinski definition) is 5. The van der Waals surface area contributed by atoms with Gasteiger partial charge in [-0.05, 0) is 32.0 Å². The van der Waals surface area contributed by atoms with Gasteiger partial charge in [-0.25, -0.2) is 18.1 Å². The topological polar surface area (TPSA) is 85.1 Å². The molecular formula is C10H13N3O2S2. The molecule has 1 aromatic heterocycles. The zero-order valence-electron chi connectivity index (χ0n) is 9.47. The summed E-state index contributed by atoms with van der Waals surface area (Å²) >= 11 is 1.28. The van der Waals surface area contributed by atoms with Crippen molar-refractivity contribution in [1.82, 2.24) is 9.71 Å². The number of anilines is 1. The zero-order chi connectivity index (χ0) is 12.6. The van der Waals surface area contributed by atoms with E-state index in [2.05, 4.69) is 9.71 Å². The summed E-state index contributed by atoms with van der Waals surface area (Å²) in [5.74, 6) is 0. The van der Waals surface area contributed by atoms with E-state index in [0.29, 0.717) is 5.13 Å². The lowest BCUT2D eigenvalue weighted by Crippen LogP contribution is -2.30. The first-order chi connectivity index (χ1) is 7.88. The highest BCUT2D eigenvalue weighted by Gasteiger charge is 2.16. The summed E-state index contributed by atoms with van der Waals surface area (Å²) < 4.78 is 27.2. The normalized spacial score (nSPS) is 12.4. The molecular weight excluding hydrogens is 258 g/mol.